The molecule has 5 nitrogen and oxygen atoms in total. The van der Waals surface area contributed by atoms with Gasteiger partial charge in [0.25, 0.3) is 0 Å². The molecule has 4 aromatic rings. The Bertz CT molecular complexity index is 1220. The number of fused-ring (bicyclic) bond motifs is 1. The number of nitrogens with zero attached hydrogens (tertiary/aromatic N) is 2. The Morgan fingerprint density at radius 3 is 2.31 bits per heavy atom. The number of aromatic nitrogens is 2. The van der Waals surface area contributed by atoms with Gasteiger partial charge in [0.1, 0.15) is 11.6 Å². The van der Waals surface area contributed by atoms with Crippen molar-refractivity contribution in [2.45, 2.75) is 39.2 Å². The average molecular weight is 429 g/mol. The van der Waals surface area contributed by atoms with Gasteiger partial charge in [-0.25, -0.2) is 9.78 Å². The fraction of sp³-hybridized carbons (Fsp3) is 0.259. The fourth-order valence-corrected chi connectivity index (χ4v) is 3.75. The van der Waals surface area contributed by atoms with E-state index >= 15 is 0 Å². The molecule has 0 saturated heterocycles. The fourth-order valence-electron chi connectivity index (χ4n) is 3.75. The second-order valence-corrected chi connectivity index (χ2v) is 8.93. The highest BCUT2D eigenvalue weighted by molar-refractivity contribution is 5.87. The molecule has 1 aromatic heterocycles. The minimum atomic E-state index is -0.938. The predicted octanol–water partition coefficient (Wildman–Crippen LogP) is 6.17. The van der Waals surface area contributed by atoms with Crippen LogP contribution in [0.3, 0.4) is 0 Å². The Kier molecular flexibility index (Phi) is 5.99. The number of carboxylic acids is 1. The largest absolute Gasteiger partial charge is 0.494 e. The SMILES string of the molecule is CC(C)(C)c1ccc(-c2nc3ccccc3n2CCCOc2ccc(C(=O)O)cc2)cc1. The summed E-state index contributed by atoms with van der Waals surface area (Å²) in [6, 6.07) is 23.4. The summed E-state index contributed by atoms with van der Waals surface area (Å²) in [4.78, 5) is 15.9. The standard InChI is InChI=1S/C27H28N2O3/c1-27(2,3)21-13-9-19(10-14-21)25-28-23-7-4-5-8-24(23)29(25)17-6-18-32-22-15-11-20(12-16-22)26(30)31/h4-5,7-16H,6,17-18H2,1-3H3,(H,30,31). The number of carbonyl (C=O) groups is 1. The van der Waals surface area contributed by atoms with Crippen LogP contribution in [0.15, 0.2) is 72.8 Å². The molecule has 1 N–H and O–H groups in total. The van der Waals surface area contributed by atoms with Crippen LogP contribution >= 0.6 is 0 Å². The van der Waals surface area contributed by atoms with Crippen molar-refractivity contribution in [2.24, 2.45) is 0 Å². The molecule has 0 amide bonds. The topological polar surface area (TPSA) is 64.4 Å². The maximum absolute atomic E-state index is 11.0. The molecule has 0 bridgehead atoms. The van der Waals surface area contributed by atoms with E-state index in [0.717, 1.165) is 35.4 Å². The van der Waals surface area contributed by atoms with Crippen LogP contribution in [-0.2, 0) is 12.0 Å². The first-order chi connectivity index (χ1) is 15.3. The molecule has 0 aliphatic heterocycles. The van der Waals surface area contributed by atoms with Gasteiger partial charge < -0.3 is 14.4 Å². The maximum Gasteiger partial charge on any atom is 0.335 e. The highest BCUT2D eigenvalue weighted by atomic mass is 16.5. The van der Waals surface area contributed by atoms with Gasteiger partial charge in [0.15, 0.2) is 0 Å². The van der Waals surface area contributed by atoms with Gasteiger partial charge in [-0.3, -0.25) is 0 Å². The van der Waals surface area contributed by atoms with Gasteiger partial charge in [-0.05, 0) is 53.8 Å². The number of aryl methyl sites for hydroxylation is 1. The summed E-state index contributed by atoms with van der Waals surface area (Å²) in [6.07, 6.45) is 0.800. The van der Waals surface area contributed by atoms with Gasteiger partial charge in [0.2, 0.25) is 0 Å². The molecular formula is C27H28N2O3. The smallest absolute Gasteiger partial charge is 0.335 e. The second kappa shape index (κ2) is 8.87. The van der Waals surface area contributed by atoms with Crippen molar-refractivity contribution in [1.82, 2.24) is 9.55 Å². The van der Waals surface area contributed by atoms with E-state index in [1.54, 1.807) is 24.3 Å². The molecule has 0 saturated carbocycles. The van der Waals surface area contributed by atoms with E-state index in [1.165, 1.54) is 5.56 Å². The molecule has 0 fully saturated rings. The van der Waals surface area contributed by atoms with Gasteiger partial charge in [0.05, 0.1) is 23.2 Å². The molecule has 164 valence electrons. The Morgan fingerprint density at radius 2 is 1.66 bits per heavy atom. The Morgan fingerprint density at radius 1 is 0.969 bits per heavy atom. The van der Waals surface area contributed by atoms with Crippen LogP contribution < -0.4 is 4.74 Å². The lowest BCUT2D eigenvalue weighted by Crippen LogP contribution is -2.10. The zero-order valence-corrected chi connectivity index (χ0v) is 18.7. The maximum atomic E-state index is 11.0. The lowest BCUT2D eigenvalue weighted by atomic mass is 9.87. The summed E-state index contributed by atoms with van der Waals surface area (Å²) in [7, 11) is 0. The summed E-state index contributed by atoms with van der Waals surface area (Å²) < 4.78 is 8.07. The van der Waals surface area contributed by atoms with Gasteiger partial charge in [0, 0.05) is 12.1 Å². The third-order valence-corrected chi connectivity index (χ3v) is 5.56. The van der Waals surface area contributed by atoms with Gasteiger partial charge in [-0.2, -0.15) is 0 Å². The third kappa shape index (κ3) is 4.67. The molecule has 32 heavy (non-hydrogen) atoms. The lowest BCUT2D eigenvalue weighted by molar-refractivity contribution is 0.0697. The van der Waals surface area contributed by atoms with Crippen molar-refractivity contribution in [3.63, 3.8) is 0 Å². The van der Waals surface area contributed by atoms with Gasteiger partial charge in [-0.1, -0.05) is 57.2 Å². The van der Waals surface area contributed by atoms with Crippen LogP contribution in [0.5, 0.6) is 5.75 Å². The summed E-state index contributed by atoms with van der Waals surface area (Å²) in [5.74, 6) is 0.688. The first-order valence-electron chi connectivity index (χ1n) is 10.9. The van der Waals surface area contributed by atoms with Crippen molar-refractivity contribution in [2.75, 3.05) is 6.61 Å². The summed E-state index contributed by atoms with van der Waals surface area (Å²) in [5.41, 5.74) is 4.84. The second-order valence-electron chi connectivity index (χ2n) is 8.93. The molecule has 3 aromatic carbocycles. The first-order valence-corrected chi connectivity index (χ1v) is 10.9. The molecule has 1 heterocycles. The van der Waals surface area contributed by atoms with Crippen LogP contribution in [0, 0.1) is 0 Å². The minimum Gasteiger partial charge on any atom is -0.494 e. The number of ether oxygens (including phenoxy) is 1. The quantitative estimate of drug-likeness (QED) is 0.358. The number of hydrogen-bond donors (Lipinski definition) is 1. The zero-order valence-electron chi connectivity index (χ0n) is 18.7. The Hall–Kier alpha value is -3.60. The van der Waals surface area contributed by atoms with Crippen LogP contribution in [0.1, 0.15) is 43.1 Å². The number of benzene rings is 3. The number of carboxylic acid groups (broad SMARTS) is 1. The summed E-state index contributed by atoms with van der Waals surface area (Å²) >= 11 is 0. The molecule has 0 unspecified atom stereocenters. The van der Waals surface area contributed by atoms with E-state index in [4.69, 9.17) is 14.8 Å². The molecule has 0 spiro atoms. The van der Waals surface area contributed by atoms with Crippen molar-refractivity contribution < 1.29 is 14.6 Å². The Balaban J connectivity index is 1.51. The minimum absolute atomic E-state index is 0.110. The number of para-hydroxylation sites is 2. The number of imidazole rings is 1. The molecule has 5 heteroatoms. The molecule has 0 aliphatic rings. The monoisotopic (exact) mass is 428 g/mol. The van der Waals surface area contributed by atoms with E-state index in [2.05, 4.69) is 55.7 Å². The molecule has 0 radical (unpaired) electrons. The van der Waals surface area contributed by atoms with Crippen molar-refractivity contribution in [1.29, 1.82) is 0 Å². The molecule has 0 atom stereocenters. The van der Waals surface area contributed by atoms with E-state index in [9.17, 15) is 4.79 Å². The highest BCUT2D eigenvalue weighted by Crippen LogP contribution is 2.28. The summed E-state index contributed by atoms with van der Waals surface area (Å²) in [5, 5.41) is 9.01. The van der Waals surface area contributed by atoms with E-state index in [-0.39, 0.29) is 11.0 Å². The van der Waals surface area contributed by atoms with Crippen LogP contribution in [0.2, 0.25) is 0 Å². The van der Waals surface area contributed by atoms with E-state index in [1.807, 2.05) is 18.2 Å². The normalized spacial score (nSPS) is 11.6. The van der Waals surface area contributed by atoms with Crippen LogP contribution in [0.25, 0.3) is 22.4 Å². The van der Waals surface area contributed by atoms with Crippen molar-refractivity contribution in [3.05, 3.63) is 83.9 Å². The van der Waals surface area contributed by atoms with Crippen LogP contribution in [0.4, 0.5) is 0 Å². The molecule has 0 aliphatic carbocycles. The lowest BCUT2D eigenvalue weighted by Gasteiger charge is -2.19. The number of aromatic carboxylic acids is 1. The number of rotatable bonds is 7. The highest BCUT2D eigenvalue weighted by Gasteiger charge is 2.16. The summed E-state index contributed by atoms with van der Waals surface area (Å²) in [6.45, 7) is 7.94. The average Bonchev–Trinajstić information content (AvgIpc) is 3.15. The van der Waals surface area contributed by atoms with Crippen LogP contribution in [-0.4, -0.2) is 27.2 Å². The predicted molar refractivity (Wildman–Crippen MR) is 127 cm³/mol. The Labute approximate surface area is 188 Å². The third-order valence-electron chi connectivity index (χ3n) is 5.56. The van der Waals surface area contributed by atoms with E-state index in [0.29, 0.717) is 12.4 Å². The number of hydrogen-bond acceptors (Lipinski definition) is 3. The van der Waals surface area contributed by atoms with Crippen molar-refractivity contribution in [3.8, 4) is 17.1 Å². The van der Waals surface area contributed by atoms with Crippen molar-refractivity contribution >= 4 is 17.0 Å². The zero-order chi connectivity index (χ0) is 22.7. The molecular weight excluding hydrogens is 400 g/mol. The molecule has 4 rings (SSSR count). The van der Waals surface area contributed by atoms with Gasteiger partial charge >= 0.3 is 5.97 Å². The van der Waals surface area contributed by atoms with E-state index < -0.39 is 5.97 Å². The van der Waals surface area contributed by atoms with Gasteiger partial charge in [-0.15, -0.1) is 0 Å². The first kappa shape index (κ1) is 21.6.